The molecule has 0 saturated heterocycles. The number of aryl methyl sites for hydroxylation is 1. The quantitative estimate of drug-likeness (QED) is 0.599. The number of nitrogens with zero attached hydrogens (tertiary/aromatic N) is 1. The molecule has 3 nitrogen and oxygen atoms in total. The molecule has 0 amide bonds. The second-order valence-corrected chi connectivity index (χ2v) is 8.38. The van der Waals surface area contributed by atoms with Crippen LogP contribution < -0.4 is 10.2 Å². The zero-order valence-electron chi connectivity index (χ0n) is 16.3. The van der Waals surface area contributed by atoms with Crippen molar-refractivity contribution in [3.8, 4) is 0 Å². The second kappa shape index (κ2) is 11.3. The summed E-state index contributed by atoms with van der Waals surface area (Å²) in [6.07, 6.45) is 3.72. The highest BCUT2D eigenvalue weighted by molar-refractivity contribution is 7.80. The van der Waals surface area contributed by atoms with E-state index in [-0.39, 0.29) is 0 Å². The first-order chi connectivity index (χ1) is 12.6. The van der Waals surface area contributed by atoms with Gasteiger partial charge in [0.2, 0.25) is 0 Å². The maximum Gasteiger partial charge on any atom is 0.173 e. The zero-order valence-corrected chi connectivity index (χ0v) is 17.9. The highest BCUT2D eigenvalue weighted by Gasteiger charge is 2.12. The third-order valence-corrected chi connectivity index (χ3v) is 5.73. The van der Waals surface area contributed by atoms with E-state index in [2.05, 4.69) is 72.9 Å². The Hall–Kier alpha value is -1.43. The smallest absolute Gasteiger partial charge is 0.173 e. The lowest BCUT2D eigenvalue weighted by Gasteiger charge is -2.26. The van der Waals surface area contributed by atoms with E-state index in [1.807, 2.05) is 0 Å². The van der Waals surface area contributed by atoms with Crippen molar-refractivity contribution in [3.05, 3.63) is 52.2 Å². The van der Waals surface area contributed by atoms with Crippen LogP contribution in [0.25, 0.3) is 0 Å². The topological polar surface area (TPSA) is 19.7 Å². The summed E-state index contributed by atoms with van der Waals surface area (Å²) >= 11 is 7.52. The molecular weight excluding hydrogens is 358 g/mol. The van der Waals surface area contributed by atoms with Gasteiger partial charge in [0.25, 0.3) is 0 Å². The van der Waals surface area contributed by atoms with Crippen LogP contribution in [0.15, 0.2) is 41.8 Å². The maximum absolute atomic E-state index is 5.73. The van der Waals surface area contributed by atoms with Gasteiger partial charge in [-0.1, -0.05) is 37.1 Å². The van der Waals surface area contributed by atoms with E-state index < -0.39 is 0 Å². The summed E-state index contributed by atoms with van der Waals surface area (Å²) in [6.45, 7) is 8.66. The third-order valence-electron chi connectivity index (χ3n) is 4.51. The zero-order chi connectivity index (χ0) is 18.8. The molecule has 2 rings (SSSR count). The molecule has 1 heterocycles. The SMILES string of the molecule is CCCC[NH+](C)CCCN(Cc1cccs1)C(=S)Nc1ccc(C)cc1. The van der Waals surface area contributed by atoms with Crippen LogP contribution in [0.2, 0.25) is 0 Å². The number of hydrogen-bond donors (Lipinski definition) is 2. The van der Waals surface area contributed by atoms with Crippen LogP contribution >= 0.6 is 23.6 Å². The fourth-order valence-corrected chi connectivity index (χ4v) is 3.85. The molecule has 0 saturated carbocycles. The molecule has 0 aliphatic rings. The summed E-state index contributed by atoms with van der Waals surface area (Å²) in [7, 11) is 2.29. The van der Waals surface area contributed by atoms with E-state index in [9.17, 15) is 0 Å². The van der Waals surface area contributed by atoms with E-state index >= 15 is 0 Å². The molecule has 1 unspecified atom stereocenters. The van der Waals surface area contributed by atoms with Crippen molar-refractivity contribution in [1.82, 2.24) is 4.90 Å². The minimum absolute atomic E-state index is 0.813. The van der Waals surface area contributed by atoms with Crippen molar-refractivity contribution in [2.45, 2.75) is 39.7 Å². The molecule has 2 aromatic rings. The molecule has 26 heavy (non-hydrogen) atoms. The fraction of sp³-hybridized carbons (Fsp3) is 0.476. The van der Waals surface area contributed by atoms with Crippen molar-refractivity contribution in [3.63, 3.8) is 0 Å². The van der Waals surface area contributed by atoms with Gasteiger partial charge in [-0.3, -0.25) is 0 Å². The van der Waals surface area contributed by atoms with Crippen LogP contribution in [0.4, 0.5) is 5.69 Å². The minimum Gasteiger partial charge on any atom is -0.344 e. The van der Waals surface area contributed by atoms with Crippen LogP contribution in [-0.2, 0) is 6.54 Å². The van der Waals surface area contributed by atoms with Crippen LogP contribution in [0.5, 0.6) is 0 Å². The lowest BCUT2D eigenvalue weighted by Crippen LogP contribution is -3.09. The van der Waals surface area contributed by atoms with Crippen molar-refractivity contribution >= 4 is 34.4 Å². The number of hydrogen-bond acceptors (Lipinski definition) is 2. The number of nitrogens with one attached hydrogen (secondary N) is 2. The van der Waals surface area contributed by atoms with Crippen molar-refractivity contribution in [1.29, 1.82) is 0 Å². The van der Waals surface area contributed by atoms with E-state index in [4.69, 9.17) is 12.2 Å². The average Bonchev–Trinajstić information content (AvgIpc) is 3.14. The molecule has 0 aliphatic heterocycles. The van der Waals surface area contributed by atoms with Gasteiger partial charge in [0.1, 0.15) is 0 Å². The lowest BCUT2D eigenvalue weighted by atomic mass is 10.2. The number of benzene rings is 1. The standard InChI is InChI=1S/C21H31N3S2/c1-4-5-13-23(3)14-7-15-24(17-20-8-6-16-26-20)21(25)22-19-11-9-18(2)10-12-19/h6,8-12,16H,4-5,7,13-15,17H2,1-3H3,(H,22,25)/p+1. The maximum atomic E-state index is 5.73. The number of thiophene rings is 1. The number of anilines is 1. The summed E-state index contributed by atoms with van der Waals surface area (Å²) in [5.41, 5.74) is 2.32. The third kappa shape index (κ3) is 7.44. The number of rotatable bonds is 10. The lowest BCUT2D eigenvalue weighted by molar-refractivity contribution is -0.880. The Kier molecular flexibility index (Phi) is 9.09. The van der Waals surface area contributed by atoms with E-state index in [1.165, 1.54) is 36.4 Å². The first-order valence-corrected chi connectivity index (χ1v) is 10.8. The monoisotopic (exact) mass is 390 g/mol. The molecule has 0 spiro atoms. The van der Waals surface area contributed by atoms with Gasteiger partial charge < -0.3 is 15.1 Å². The van der Waals surface area contributed by atoms with Crippen LogP contribution in [-0.4, -0.2) is 36.7 Å². The normalized spacial score (nSPS) is 12.0. The van der Waals surface area contributed by atoms with Gasteiger partial charge in [-0.25, -0.2) is 0 Å². The fourth-order valence-electron chi connectivity index (χ4n) is 2.86. The predicted octanol–water partition coefficient (Wildman–Crippen LogP) is 3.96. The molecule has 0 bridgehead atoms. The van der Waals surface area contributed by atoms with Gasteiger partial charge in [-0.05, 0) is 49.1 Å². The van der Waals surface area contributed by atoms with Crippen molar-refractivity contribution in [2.24, 2.45) is 0 Å². The number of unbranched alkanes of at least 4 members (excludes halogenated alkanes) is 1. The number of quaternary nitrogens is 1. The Morgan fingerprint density at radius 3 is 2.54 bits per heavy atom. The van der Waals surface area contributed by atoms with Crippen LogP contribution in [0.1, 0.15) is 36.6 Å². The van der Waals surface area contributed by atoms with Gasteiger partial charge in [0, 0.05) is 23.5 Å². The Morgan fingerprint density at radius 1 is 1.15 bits per heavy atom. The Morgan fingerprint density at radius 2 is 1.88 bits per heavy atom. The van der Waals surface area contributed by atoms with Gasteiger partial charge in [0.05, 0.1) is 26.7 Å². The number of thiocarbonyl (C=S) groups is 1. The molecule has 1 aromatic heterocycles. The summed E-state index contributed by atoms with van der Waals surface area (Å²) in [6, 6.07) is 12.7. The molecule has 2 N–H and O–H groups in total. The summed E-state index contributed by atoms with van der Waals surface area (Å²) in [4.78, 5) is 5.26. The van der Waals surface area contributed by atoms with E-state index in [0.29, 0.717) is 0 Å². The van der Waals surface area contributed by atoms with Crippen LogP contribution in [0.3, 0.4) is 0 Å². The van der Waals surface area contributed by atoms with Gasteiger partial charge in [-0.15, -0.1) is 11.3 Å². The van der Waals surface area contributed by atoms with Gasteiger partial charge >= 0.3 is 0 Å². The first-order valence-electron chi connectivity index (χ1n) is 9.54. The molecule has 0 fully saturated rings. The predicted molar refractivity (Wildman–Crippen MR) is 118 cm³/mol. The summed E-state index contributed by atoms with van der Waals surface area (Å²) < 4.78 is 0. The van der Waals surface area contributed by atoms with Gasteiger partial charge in [-0.2, -0.15) is 0 Å². The molecular formula is C21H32N3S2+. The molecule has 0 radical (unpaired) electrons. The average molecular weight is 391 g/mol. The summed E-state index contributed by atoms with van der Waals surface area (Å²) in [5, 5.41) is 6.35. The van der Waals surface area contributed by atoms with Gasteiger partial charge in [0.15, 0.2) is 5.11 Å². The van der Waals surface area contributed by atoms with Crippen molar-refractivity contribution < 1.29 is 4.90 Å². The first kappa shape index (κ1) is 20.9. The Balaban J connectivity index is 1.91. The minimum atomic E-state index is 0.813. The summed E-state index contributed by atoms with van der Waals surface area (Å²) in [5.74, 6) is 0. The van der Waals surface area contributed by atoms with Crippen LogP contribution in [0, 0.1) is 6.92 Å². The van der Waals surface area contributed by atoms with E-state index in [1.54, 1.807) is 16.2 Å². The van der Waals surface area contributed by atoms with Crippen molar-refractivity contribution in [2.75, 3.05) is 32.0 Å². The highest BCUT2D eigenvalue weighted by atomic mass is 32.1. The largest absolute Gasteiger partial charge is 0.344 e. The second-order valence-electron chi connectivity index (χ2n) is 6.96. The van der Waals surface area contributed by atoms with E-state index in [0.717, 1.165) is 30.3 Å². The molecule has 1 aromatic carbocycles. The molecule has 5 heteroatoms. The molecule has 1 atom stereocenters. The Labute approximate surface area is 168 Å². The molecule has 0 aliphatic carbocycles. The molecule has 142 valence electrons. The highest BCUT2D eigenvalue weighted by Crippen LogP contribution is 2.15. The Bertz CT molecular complexity index is 638.